The first-order valence-corrected chi connectivity index (χ1v) is 7.30. The first kappa shape index (κ1) is 13.9. The minimum atomic E-state index is 0.0809. The summed E-state index contributed by atoms with van der Waals surface area (Å²) in [5.41, 5.74) is 1.78. The number of carbonyl (C=O) groups excluding carboxylic acids is 1. The molecule has 4 heteroatoms. The maximum absolute atomic E-state index is 12.7. The Labute approximate surface area is 124 Å². The van der Waals surface area contributed by atoms with E-state index in [1.165, 1.54) is 0 Å². The van der Waals surface area contributed by atoms with E-state index in [0.29, 0.717) is 13.2 Å². The normalized spacial score (nSPS) is 22.3. The van der Waals surface area contributed by atoms with E-state index in [1.807, 2.05) is 72.1 Å². The number of benzene rings is 1. The summed E-state index contributed by atoms with van der Waals surface area (Å²) in [7, 11) is 0. The van der Waals surface area contributed by atoms with E-state index < -0.39 is 0 Å². The molecule has 1 saturated heterocycles. The van der Waals surface area contributed by atoms with Gasteiger partial charge in [-0.15, -0.1) is 0 Å². The lowest BCUT2D eigenvalue weighted by atomic mass is 10.1. The monoisotopic (exact) mass is 284 g/mol. The van der Waals surface area contributed by atoms with Crippen LogP contribution in [0.4, 0.5) is 0 Å². The molecule has 1 aliphatic rings. The fourth-order valence-corrected chi connectivity index (χ4v) is 2.84. The van der Waals surface area contributed by atoms with Crippen molar-refractivity contribution in [2.75, 3.05) is 13.2 Å². The summed E-state index contributed by atoms with van der Waals surface area (Å²) < 4.78 is 7.50. The van der Waals surface area contributed by atoms with Gasteiger partial charge in [0.15, 0.2) is 0 Å². The largest absolute Gasteiger partial charge is 0.377 e. The maximum Gasteiger partial charge on any atom is 0.254 e. The van der Waals surface area contributed by atoms with Gasteiger partial charge in [0, 0.05) is 23.6 Å². The molecule has 0 radical (unpaired) electrons. The summed E-state index contributed by atoms with van der Waals surface area (Å²) in [4.78, 5) is 14.6. The average Bonchev–Trinajstić information content (AvgIpc) is 3.01. The molecular formula is C17H20N2O2. The summed E-state index contributed by atoms with van der Waals surface area (Å²) in [6.45, 7) is 5.28. The molecule has 1 amide bonds. The molecule has 2 atom stereocenters. The van der Waals surface area contributed by atoms with E-state index in [9.17, 15) is 4.79 Å². The molecular weight excluding hydrogens is 264 g/mol. The van der Waals surface area contributed by atoms with Crippen LogP contribution < -0.4 is 0 Å². The van der Waals surface area contributed by atoms with Gasteiger partial charge in [0.2, 0.25) is 0 Å². The van der Waals surface area contributed by atoms with E-state index in [0.717, 1.165) is 11.3 Å². The molecule has 2 unspecified atom stereocenters. The van der Waals surface area contributed by atoms with Crippen LogP contribution in [0.1, 0.15) is 24.2 Å². The zero-order chi connectivity index (χ0) is 14.8. The van der Waals surface area contributed by atoms with Gasteiger partial charge in [-0.05, 0) is 50.2 Å². The molecule has 1 aliphatic heterocycles. The van der Waals surface area contributed by atoms with E-state index in [-0.39, 0.29) is 18.0 Å². The molecule has 3 rings (SSSR count). The van der Waals surface area contributed by atoms with E-state index >= 15 is 0 Å². The summed E-state index contributed by atoms with van der Waals surface area (Å²) in [5, 5.41) is 0. The molecule has 4 nitrogen and oxygen atoms in total. The van der Waals surface area contributed by atoms with E-state index in [4.69, 9.17) is 4.74 Å². The molecule has 2 aromatic rings. The highest BCUT2D eigenvalue weighted by atomic mass is 16.5. The van der Waals surface area contributed by atoms with Crippen molar-refractivity contribution in [1.82, 2.24) is 9.47 Å². The molecule has 0 saturated carbocycles. The second kappa shape index (κ2) is 5.74. The molecule has 0 spiro atoms. The number of morpholine rings is 1. The smallest absolute Gasteiger partial charge is 0.254 e. The number of aromatic nitrogens is 1. The molecule has 0 aliphatic carbocycles. The number of amides is 1. The Hall–Kier alpha value is -2.07. The van der Waals surface area contributed by atoms with Crippen LogP contribution >= 0.6 is 0 Å². The topological polar surface area (TPSA) is 34.5 Å². The Morgan fingerprint density at radius 1 is 1.05 bits per heavy atom. The molecule has 110 valence electrons. The van der Waals surface area contributed by atoms with Crippen LogP contribution in [0, 0.1) is 0 Å². The SMILES string of the molecule is CC1COCC(C)N1C(=O)c1ccc(-n2cccc2)cc1. The number of hydrogen-bond donors (Lipinski definition) is 0. The maximum atomic E-state index is 12.7. The van der Waals surface area contributed by atoms with Crippen LogP contribution in [0.15, 0.2) is 48.8 Å². The molecule has 1 aromatic heterocycles. The van der Waals surface area contributed by atoms with Gasteiger partial charge in [0.25, 0.3) is 5.91 Å². The Morgan fingerprint density at radius 2 is 1.62 bits per heavy atom. The molecule has 0 N–H and O–H groups in total. The number of nitrogens with zero attached hydrogens (tertiary/aromatic N) is 2. The zero-order valence-corrected chi connectivity index (χ0v) is 12.4. The lowest BCUT2D eigenvalue weighted by Gasteiger charge is -2.38. The highest BCUT2D eigenvalue weighted by Gasteiger charge is 2.30. The molecule has 2 heterocycles. The number of carbonyl (C=O) groups is 1. The van der Waals surface area contributed by atoms with Crippen molar-refractivity contribution in [3.05, 3.63) is 54.4 Å². The van der Waals surface area contributed by atoms with Crippen molar-refractivity contribution in [2.45, 2.75) is 25.9 Å². The predicted molar refractivity (Wildman–Crippen MR) is 81.7 cm³/mol. The van der Waals surface area contributed by atoms with Gasteiger partial charge >= 0.3 is 0 Å². The van der Waals surface area contributed by atoms with Crippen LogP contribution in [0.3, 0.4) is 0 Å². The summed E-state index contributed by atoms with van der Waals surface area (Å²) in [6, 6.07) is 11.9. The van der Waals surface area contributed by atoms with Crippen molar-refractivity contribution in [3.8, 4) is 5.69 Å². The van der Waals surface area contributed by atoms with Gasteiger partial charge in [-0.2, -0.15) is 0 Å². The van der Waals surface area contributed by atoms with Gasteiger partial charge < -0.3 is 14.2 Å². The van der Waals surface area contributed by atoms with Crippen molar-refractivity contribution in [3.63, 3.8) is 0 Å². The Kier molecular flexibility index (Phi) is 3.80. The molecule has 0 bridgehead atoms. The summed E-state index contributed by atoms with van der Waals surface area (Å²) in [6.07, 6.45) is 3.98. The predicted octanol–water partition coefficient (Wildman–Crippen LogP) is 2.73. The fraction of sp³-hybridized carbons (Fsp3) is 0.353. The summed E-state index contributed by atoms with van der Waals surface area (Å²) >= 11 is 0. The van der Waals surface area contributed by atoms with Crippen molar-refractivity contribution < 1.29 is 9.53 Å². The fourth-order valence-electron chi connectivity index (χ4n) is 2.84. The second-order valence-corrected chi connectivity index (χ2v) is 5.59. The highest BCUT2D eigenvalue weighted by molar-refractivity contribution is 5.94. The van der Waals surface area contributed by atoms with E-state index in [1.54, 1.807) is 0 Å². The Morgan fingerprint density at radius 3 is 2.19 bits per heavy atom. The lowest BCUT2D eigenvalue weighted by Crippen LogP contribution is -2.52. The lowest BCUT2D eigenvalue weighted by molar-refractivity contribution is -0.0249. The average molecular weight is 284 g/mol. The van der Waals surface area contributed by atoms with Gasteiger partial charge in [-0.25, -0.2) is 0 Å². The standard InChI is InChI=1S/C17H20N2O2/c1-13-11-21-12-14(2)19(13)17(20)15-5-7-16(8-6-15)18-9-3-4-10-18/h3-10,13-14H,11-12H2,1-2H3. The first-order valence-electron chi connectivity index (χ1n) is 7.30. The van der Waals surface area contributed by atoms with Crippen LogP contribution in [0.5, 0.6) is 0 Å². The van der Waals surface area contributed by atoms with Gasteiger partial charge in [-0.1, -0.05) is 0 Å². The van der Waals surface area contributed by atoms with Crippen molar-refractivity contribution >= 4 is 5.91 Å². The minimum absolute atomic E-state index is 0.0809. The Balaban J connectivity index is 1.81. The third-order valence-electron chi connectivity index (χ3n) is 3.92. The van der Waals surface area contributed by atoms with Gasteiger partial charge in [0.05, 0.1) is 25.3 Å². The third-order valence-corrected chi connectivity index (χ3v) is 3.92. The van der Waals surface area contributed by atoms with E-state index in [2.05, 4.69) is 0 Å². The van der Waals surface area contributed by atoms with Crippen LogP contribution in [0.25, 0.3) is 5.69 Å². The third kappa shape index (κ3) is 2.72. The van der Waals surface area contributed by atoms with Crippen molar-refractivity contribution in [2.24, 2.45) is 0 Å². The molecule has 1 fully saturated rings. The quantitative estimate of drug-likeness (QED) is 0.850. The van der Waals surface area contributed by atoms with Crippen LogP contribution in [0.2, 0.25) is 0 Å². The Bertz CT molecular complexity index is 594. The number of ether oxygens (including phenoxy) is 1. The van der Waals surface area contributed by atoms with Crippen LogP contribution in [-0.2, 0) is 4.74 Å². The zero-order valence-electron chi connectivity index (χ0n) is 12.4. The highest BCUT2D eigenvalue weighted by Crippen LogP contribution is 2.18. The van der Waals surface area contributed by atoms with Gasteiger partial charge in [-0.3, -0.25) is 4.79 Å². The van der Waals surface area contributed by atoms with Crippen molar-refractivity contribution in [1.29, 1.82) is 0 Å². The minimum Gasteiger partial charge on any atom is -0.377 e. The first-order chi connectivity index (χ1) is 10.2. The summed E-state index contributed by atoms with van der Waals surface area (Å²) in [5.74, 6) is 0.0809. The molecule has 1 aromatic carbocycles. The number of hydrogen-bond acceptors (Lipinski definition) is 2. The van der Waals surface area contributed by atoms with Gasteiger partial charge in [0.1, 0.15) is 0 Å². The number of rotatable bonds is 2. The second-order valence-electron chi connectivity index (χ2n) is 5.59. The molecule has 21 heavy (non-hydrogen) atoms. The van der Waals surface area contributed by atoms with Crippen LogP contribution in [-0.4, -0.2) is 40.7 Å².